The molecule has 2 saturated heterocycles. The van der Waals surface area contributed by atoms with Crippen LogP contribution in [-0.4, -0.2) is 63.1 Å². The van der Waals surface area contributed by atoms with Crippen LogP contribution in [0.1, 0.15) is 39.5 Å². The van der Waals surface area contributed by atoms with Gasteiger partial charge in [0.15, 0.2) is 7.36 Å². The zero-order valence-corrected chi connectivity index (χ0v) is 24.9. The van der Waals surface area contributed by atoms with Crippen molar-refractivity contribution in [3.8, 4) is 0 Å². The summed E-state index contributed by atoms with van der Waals surface area (Å²) in [7, 11) is -7.19. The van der Waals surface area contributed by atoms with Gasteiger partial charge in [-0.25, -0.2) is 9.45 Å². The third-order valence-electron chi connectivity index (χ3n) is 7.81. The molecule has 3 aliphatic heterocycles. The Bertz CT molecular complexity index is 1460. The number of para-hydroxylation sites is 1. The highest BCUT2D eigenvalue weighted by molar-refractivity contribution is 7.95. The minimum Gasteiger partial charge on any atom is -0.379 e. The molecule has 0 bridgehead atoms. The minimum absolute atomic E-state index is 0.00266. The first-order valence-corrected chi connectivity index (χ1v) is 17.1. The summed E-state index contributed by atoms with van der Waals surface area (Å²) in [6.45, 7) is 8.72. The Balaban J connectivity index is 1.69. The molecule has 1 aliphatic carbocycles. The molecular formula is C28H35ClN5O3PS. The molecule has 0 radical (unpaired) electrons. The third-order valence-corrected chi connectivity index (χ3v) is 13.9. The lowest BCUT2D eigenvalue weighted by molar-refractivity contribution is 0.0743. The summed E-state index contributed by atoms with van der Waals surface area (Å²) < 4.78 is 43.4. The van der Waals surface area contributed by atoms with Crippen molar-refractivity contribution < 1.29 is 13.2 Å². The Labute approximate surface area is 236 Å². The predicted octanol–water partition coefficient (Wildman–Crippen LogP) is 6.40. The zero-order valence-electron chi connectivity index (χ0n) is 22.5. The van der Waals surface area contributed by atoms with Gasteiger partial charge in [0.05, 0.1) is 34.8 Å². The first-order valence-electron chi connectivity index (χ1n) is 13.6. The van der Waals surface area contributed by atoms with Gasteiger partial charge in [0, 0.05) is 36.9 Å². The van der Waals surface area contributed by atoms with E-state index in [4.69, 9.17) is 25.6 Å². The zero-order chi connectivity index (χ0) is 27.3. The lowest BCUT2D eigenvalue weighted by Gasteiger charge is -2.44. The van der Waals surface area contributed by atoms with Crippen molar-refractivity contribution in [3.05, 3.63) is 70.6 Å². The molecular weight excluding hydrogens is 553 g/mol. The maximum atomic E-state index is 14.2. The Morgan fingerprint density at radius 2 is 1.62 bits per heavy atom. The SMILES string of the molecule is CC1(C)CC2=NN(c3ccccc3)P(=NS(=O)(=O)c3ccc(Cl)cc3)(N3CCOCC3)C2=C(N2CCCC2)C1. The van der Waals surface area contributed by atoms with Crippen LogP contribution in [0.15, 0.2) is 79.8 Å². The molecule has 2 aromatic rings. The van der Waals surface area contributed by atoms with Crippen LogP contribution in [0.4, 0.5) is 5.69 Å². The van der Waals surface area contributed by atoms with Crippen molar-refractivity contribution in [1.29, 1.82) is 0 Å². The monoisotopic (exact) mass is 587 g/mol. The number of fused-ring (bicyclic) bond motifs is 1. The van der Waals surface area contributed by atoms with Crippen molar-refractivity contribution in [2.75, 3.05) is 44.2 Å². The van der Waals surface area contributed by atoms with E-state index >= 15 is 0 Å². The molecule has 0 saturated carbocycles. The molecule has 0 aromatic heterocycles. The van der Waals surface area contributed by atoms with Crippen molar-refractivity contribution >= 4 is 40.4 Å². The summed E-state index contributed by atoms with van der Waals surface area (Å²) in [5.41, 5.74) is 3.03. The molecule has 1 unspecified atom stereocenters. The molecule has 4 aliphatic rings. The van der Waals surface area contributed by atoms with Crippen LogP contribution in [0.2, 0.25) is 5.02 Å². The first kappa shape index (κ1) is 27.0. The van der Waals surface area contributed by atoms with Gasteiger partial charge in [-0.2, -0.15) is 13.5 Å². The molecule has 11 heteroatoms. The Hall–Kier alpha value is -2.16. The summed E-state index contributed by atoms with van der Waals surface area (Å²) in [5.74, 6) is 0. The summed E-state index contributed by atoms with van der Waals surface area (Å²) in [6.07, 6.45) is 3.91. The minimum atomic E-state index is -4.07. The van der Waals surface area contributed by atoms with E-state index < -0.39 is 17.4 Å². The fraction of sp³-hybridized carbons (Fsp3) is 0.464. The van der Waals surface area contributed by atoms with Gasteiger partial charge in [-0.05, 0) is 67.5 Å². The lowest BCUT2D eigenvalue weighted by Crippen LogP contribution is -2.39. The van der Waals surface area contributed by atoms with Gasteiger partial charge >= 0.3 is 0 Å². The molecule has 3 heterocycles. The molecule has 208 valence electrons. The van der Waals surface area contributed by atoms with Gasteiger partial charge in [-0.1, -0.05) is 43.6 Å². The smallest absolute Gasteiger partial charge is 0.284 e. The molecule has 39 heavy (non-hydrogen) atoms. The van der Waals surface area contributed by atoms with Gasteiger partial charge in [0.25, 0.3) is 10.0 Å². The van der Waals surface area contributed by atoms with E-state index in [0.29, 0.717) is 31.3 Å². The molecule has 0 spiro atoms. The van der Waals surface area contributed by atoms with Gasteiger partial charge in [0.2, 0.25) is 0 Å². The molecule has 2 fully saturated rings. The number of anilines is 1. The van der Waals surface area contributed by atoms with Crippen LogP contribution in [0, 0.1) is 5.41 Å². The van der Waals surface area contributed by atoms with Gasteiger partial charge < -0.3 is 9.64 Å². The fourth-order valence-corrected chi connectivity index (χ4v) is 12.4. The number of hydrogen-bond donors (Lipinski definition) is 0. The van der Waals surface area contributed by atoms with Crippen LogP contribution < -0.4 is 4.78 Å². The maximum absolute atomic E-state index is 14.2. The Morgan fingerprint density at radius 3 is 2.28 bits per heavy atom. The highest BCUT2D eigenvalue weighted by Crippen LogP contribution is 2.72. The number of rotatable bonds is 5. The number of hydrogen-bond acceptors (Lipinski definition) is 5. The van der Waals surface area contributed by atoms with Crippen LogP contribution >= 0.6 is 19.0 Å². The number of halogens is 1. The quantitative estimate of drug-likeness (QED) is 0.377. The van der Waals surface area contributed by atoms with E-state index in [1.165, 1.54) is 5.70 Å². The van der Waals surface area contributed by atoms with E-state index in [0.717, 1.165) is 55.5 Å². The largest absolute Gasteiger partial charge is 0.379 e. The highest BCUT2D eigenvalue weighted by Gasteiger charge is 2.53. The van der Waals surface area contributed by atoms with E-state index in [-0.39, 0.29) is 10.3 Å². The van der Waals surface area contributed by atoms with Gasteiger partial charge in [-0.3, -0.25) is 0 Å². The van der Waals surface area contributed by atoms with Crippen LogP contribution in [-0.2, 0) is 14.8 Å². The maximum Gasteiger partial charge on any atom is 0.284 e. The number of nitrogens with zero attached hydrogens (tertiary/aromatic N) is 5. The first-order chi connectivity index (χ1) is 18.7. The van der Waals surface area contributed by atoms with Gasteiger partial charge in [0.1, 0.15) is 0 Å². The predicted molar refractivity (Wildman–Crippen MR) is 158 cm³/mol. The summed E-state index contributed by atoms with van der Waals surface area (Å²) in [5, 5.41) is 6.79. The Morgan fingerprint density at radius 1 is 0.949 bits per heavy atom. The standard InChI is InChI=1S/C28H35ClN5O3PS/c1-28(2)20-25-27(26(21-28)32-14-6-7-15-32)38(33-16-18-37-19-17-33,34(30-25)23-8-4-3-5-9-23)31-39(35,36)24-12-10-22(29)11-13-24/h3-5,8-13H,6-7,14-21H2,1-2H3. The highest BCUT2D eigenvalue weighted by atomic mass is 35.5. The van der Waals surface area contributed by atoms with E-state index in [2.05, 4.69) is 23.4 Å². The lowest BCUT2D eigenvalue weighted by atomic mass is 9.78. The fourth-order valence-electron chi connectivity index (χ4n) is 6.06. The van der Waals surface area contributed by atoms with Crippen molar-refractivity contribution in [3.63, 3.8) is 0 Å². The second kappa shape index (κ2) is 10.3. The number of sulfonamides is 1. The van der Waals surface area contributed by atoms with Crippen molar-refractivity contribution in [2.24, 2.45) is 14.7 Å². The number of likely N-dealkylation sites (tertiary alicyclic amines) is 1. The number of ether oxygens (including phenoxy) is 1. The number of benzene rings is 2. The topological polar surface area (TPSA) is 77.8 Å². The van der Waals surface area contributed by atoms with Crippen molar-refractivity contribution in [1.82, 2.24) is 9.57 Å². The van der Waals surface area contributed by atoms with Crippen LogP contribution in [0.5, 0.6) is 0 Å². The molecule has 0 N–H and O–H groups in total. The summed E-state index contributed by atoms with van der Waals surface area (Å²) in [4.78, 5) is 2.61. The normalized spacial score (nSPS) is 25.6. The number of morpholine rings is 1. The third kappa shape index (κ3) is 4.97. The number of hydrazone groups is 1. The summed E-state index contributed by atoms with van der Waals surface area (Å²) >= 11 is 6.11. The molecule has 2 aromatic carbocycles. The molecule has 8 nitrogen and oxygen atoms in total. The molecule has 1 atom stereocenters. The summed E-state index contributed by atoms with van der Waals surface area (Å²) in [6, 6.07) is 16.2. The molecule has 0 amide bonds. The van der Waals surface area contributed by atoms with E-state index in [1.54, 1.807) is 24.3 Å². The van der Waals surface area contributed by atoms with Gasteiger partial charge in [-0.15, -0.1) is 4.15 Å². The van der Waals surface area contributed by atoms with Crippen molar-refractivity contribution in [2.45, 2.75) is 44.4 Å². The Kier molecular flexibility index (Phi) is 7.17. The molecule has 6 rings (SSSR count). The van der Waals surface area contributed by atoms with Crippen LogP contribution in [0.3, 0.4) is 0 Å². The van der Waals surface area contributed by atoms with E-state index in [1.807, 2.05) is 35.1 Å². The average Bonchev–Trinajstić information content (AvgIpc) is 3.56. The average molecular weight is 588 g/mol. The second-order valence-electron chi connectivity index (χ2n) is 11.3. The number of allylic oxidation sites excluding steroid dienone is 2. The second-order valence-corrected chi connectivity index (χ2v) is 16.4. The van der Waals surface area contributed by atoms with E-state index in [9.17, 15) is 8.42 Å². The van der Waals surface area contributed by atoms with Crippen LogP contribution in [0.25, 0.3) is 0 Å².